The highest BCUT2D eigenvalue weighted by atomic mass is 79.9. The van der Waals surface area contributed by atoms with E-state index in [1.807, 2.05) is 31.2 Å². The molecule has 2 nitrogen and oxygen atoms in total. The van der Waals surface area contributed by atoms with Gasteiger partial charge in [-0.1, -0.05) is 40.7 Å². The lowest BCUT2D eigenvalue weighted by Crippen LogP contribution is -2.18. The van der Waals surface area contributed by atoms with Gasteiger partial charge in [-0.2, -0.15) is 0 Å². The Labute approximate surface area is 99.3 Å². The zero-order chi connectivity index (χ0) is 11.3. The van der Waals surface area contributed by atoms with E-state index in [2.05, 4.69) is 22.5 Å². The molecule has 1 aromatic carbocycles. The maximum Gasteiger partial charge on any atom is 0.123 e. The fourth-order valence-corrected chi connectivity index (χ4v) is 1.43. The predicted molar refractivity (Wildman–Crippen MR) is 67.4 cm³/mol. The van der Waals surface area contributed by atoms with Crippen LogP contribution >= 0.6 is 15.9 Å². The number of ether oxygens (including phenoxy) is 1. The van der Waals surface area contributed by atoms with Gasteiger partial charge in [-0.15, -0.1) is 0 Å². The highest BCUT2D eigenvalue weighted by Crippen LogP contribution is 2.20. The molecular formula is C12H16BrNO. The molecule has 0 saturated carbocycles. The molecule has 1 rings (SSSR count). The summed E-state index contributed by atoms with van der Waals surface area (Å²) in [6, 6.07) is 8.08. The number of halogens is 1. The van der Waals surface area contributed by atoms with Crippen LogP contribution < -0.4 is 10.5 Å². The molecule has 1 atom stereocenters. The molecule has 0 aliphatic heterocycles. The van der Waals surface area contributed by atoms with E-state index in [0.717, 1.165) is 22.2 Å². The Morgan fingerprint density at radius 2 is 2.20 bits per heavy atom. The van der Waals surface area contributed by atoms with Gasteiger partial charge >= 0.3 is 0 Å². The quantitative estimate of drug-likeness (QED) is 0.892. The average Bonchev–Trinajstić information content (AvgIpc) is 2.15. The van der Waals surface area contributed by atoms with Crippen molar-refractivity contribution < 1.29 is 4.74 Å². The summed E-state index contributed by atoms with van der Waals surface area (Å²) in [5.41, 5.74) is 6.91. The van der Waals surface area contributed by atoms with Crippen molar-refractivity contribution in [2.75, 3.05) is 6.61 Å². The molecule has 15 heavy (non-hydrogen) atoms. The van der Waals surface area contributed by atoms with Crippen LogP contribution in [0.4, 0.5) is 0 Å². The molecule has 82 valence electrons. The Kier molecular flexibility index (Phi) is 4.85. The number of para-hydroxylation sites is 1. The van der Waals surface area contributed by atoms with Crippen LogP contribution in [0.3, 0.4) is 0 Å². The van der Waals surface area contributed by atoms with Crippen molar-refractivity contribution in [3.63, 3.8) is 0 Å². The van der Waals surface area contributed by atoms with Gasteiger partial charge in [0.25, 0.3) is 0 Å². The zero-order valence-corrected chi connectivity index (χ0v) is 10.5. The van der Waals surface area contributed by atoms with Crippen molar-refractivity contribution in [3.05, 3.63) is 40.9 Å². The molecule has 1 unspecified atom stereocenters. The van der Waals surface area contributed by atoms with Crippen LogP contribution in [0.5, 0.6) is 5.75 Å². The van der Waals surface area contributed by atoms with Gasteiger partial charge < -0.3 is 10.5 Å². The lowest BCUT2D eigenvalue weighted by molar-refractivity contribution is 0.356. The lowest BCUT2D eigenvalue weighted by atomic mass is 10.1. The van der Waals surface area contributed by atoms with Crippen LogP contribution in [-0.2, 0) is 6.42 Å². The predicted octanol–water partition coefficient (Wildman–Crippen LogP) is 2.86. The normalized spacial score (nSPS) is 12.2. The fraction of sp³-hybridized carbons (Fsp3) is 0.333. The molecule has 0 aliphatic rings. The largest absolute Gasteiger partial charge is 0.488 e. The molecule has 0 aliphatic carbocycles. The minimum atomic E-state index is 0.141. The molecule has 0 saturated heterocycles. The topological polar surface area (TPSA) is 35.2 Å². The van der Waals surface area contributed by atoms with Gasteiger partial charge in [0.1, 0.15) is 12.4 Å². The Bertz CT molecular complexity index is 336. The third-order valence-electron chi connectivity index (χ3n) is 1.90. The summed E-state index contributed by atoms with van der Waals surface area (Å²) in [6.45, 7) is 6.20. The molecule has 0 radical (unpaired) electrons. The first-order valence-electron chi connectivity index (χ1n) is 4.89. The minimum absolute atomic E-state index is 0.141. The van der Waals surface area contributed by atoms with E-state index >= 15 is 0 Å². The Morgan fingerprint density at radius 3 is 2.80 bits per heavy atom. The second-order valence-corrected chi connectivity index (χ2v) is 4.72. The van der Waals surface area contributed by atoms with Gasteiger partial charge in [0.15, 0.2) is 0 Å². The van der Waals surface area contributed by atoms with Crippen molar-refractivity contribution >= 4 is 15.9 Å². The Morgan fingerprint density at radius 1 is 1.53 bits per heavy atom. The van der Waals surface area contributed by atoms with Gasteiger partial charge in [-0.05, 0) is 25.0 Å². The summed E-state index contributed by atoms with van der Waals surface area (Å²) in [7, 11) is 0. The Balaban J connectivity index is 2.72. The smallest absolute Gasteiger partial charge is 0.123 e. The average molecular weight is 270 g/mol. The van der Waals surface area contributed by atoms with Gasteiger partial charge in [-0.3, -0.25) is 0 Å². The molecule has 3 heteroatoms. The first-order valence-corrected chi connectivity index (χ1v) is 5.68. The maximum absolute atomic E-state index is 5.77. The van der Waals surface area contributed by atoms with Crippen LogP contribution in [0.25, 0.3) is 0 Å². The van der Waals surface area contributed by atoms with Crippen LogP contribution in [-0.4, -0.2) is 12.6 Å². The van der Waals surface area contributed by atoms with E-state index in [4.69, 9.17) is 10.5 Å². The number of benzene rings is 1. The highest BCUT2D eigenvalue weighted by molar-refractivity contribution is 9.11. The zero-order valence-electron chi connectivity index (χ0n) is 8.87. The highest BCUT2D eigenvalue weighted by Gasteiger charge is 2.05. The van der Waals surface area contributed by atoms with Gasteiger partial charge in [0.2, 0.25) is 0 Å². The summed E-state index contributed by atoms with van der Waals surface area (Å²) in [6.07, 6.45) is 0.824. The van der Waals surface area contributed by atoms with Crippen molar-refractivity contribution in [2.45, 2.75) is 19.4 Å². The SMILES string of the molecule is C=C(Br)COc1ccccc1CC(C)N. The number of hydrogen-bond acceptors (Lipinski definition) is 2. The van der Waals surface area contributed by atoms with E-state index in [1.165, 1.54) is 0 Å². The van der Waals surface area contributed by atoms with Crippen molar-refractivity contribution in [1.82, 2.24) is 0 Å². The van der Waals surface area contributed by atoms with Crippen molar-refractivity contribution in [2.24, 2.45) is 5.73 Å². The first kappa shape index (κ1) is 12.3. The third kappa shape index (κ3) is 4.49. The summed E-state index contributed by atoms with van der Waals surface area (Å²) >= 11 is 3.26. The molecule has 0 bridgehead atoms. The molecular weight excluding hydrogens is 254 g/mol. The molecule has 2 N–H and O–H groups in total. The summed E-state index contributed by atoms with van der Waals surface area (Å²) in [5, 5.41) is 0. The first-order chi connectivity index (χ1) is 7.09. The summed E-state index contributed by atoms with van der Waals surface area (Å²) in [4.78, 5) is 0. The molecule has 0 aromatic heterocycles. The van der Waals surface area contributed by atoms with E-state index < -0.39 is 0 Å². The maximum atomic E-state index is 5.77. The number of rotatable bonds is 5. The molecule has 1 aromatic rings. The minimum Gasteiger partial charge on any atom is -0.488 e. The molecule has 0 fully saturated rings. The van der Waals surface area contributed by atoms with Gasteiger partial charge in [0, 0.05) is 10.5 Å². The molecule has 0 spiro atoms. The van der Waals surface area contributed by atoms with Crippen molar-refractivity contribution in [1.29, 1.82) is 0 Å². The molecule has 0 amide bonds. The second kappa shape index (κ2) is 5.93. The van der Waals surface area contributed by atoms with E-state index in [1.54, 1.807) is 0 Å². The van der Waals surface area contributed by atoms with E-state index in [0.29, 0.717) is 6.61 Å². The summed E-state index contributed by atoms with van der Waals surface area (Å²) < 4.78 is 6.43. The van der Waals surface area contributed by atoms with E-state index in [9.17, 15) is 0 Å². The summed E-state index contributed by atoms with van der Waals surface area (Å²) in [5.74, 6) is 0.885. The van der Waals surface area contributed by atoms with E-state index in [-0.39, 0.29) is 6.04 Å². The number of nitrogens with two attached hydrogens (primary N) is 1. The lowest BCUT2D eigenvalue weighted by Gasteiger charge is -2.12. The van der Waals surface area contributed by atoms with Crippen LogP contribution in [0.1, 0.15) is 12.5 Å². The van der Waals surface area contributed by atoms with Gasteiger partial charge in [0.05, 0.1) is 0 Å². The standard InChI is InChI=1S/C12H16BrNO/c1-9(13)8-15-12-6-4-3-5-11(12)7-10(2)14/h3-6,10H,1,7-8,14H2,2H3. The number of hydrogen-bond donors (Lipinski definition) is 1. The van der Waals surface area contributed by atoms with Crippen LogP contribution in [0, 0.1) is 0 Å². The molecule has 0 heterocycles. The second-order valence-electron chi connectivity index (χ2n) is 3.60. The van der Waals surface area contributed by atoms with Crippen molar-refractivity contribution in [3.8, 4) is 5.75 Å². The van der Waals surface area contributed by atoms with Crippen LogP contribution in [0.15, 0.2) is 35.3 Å². The Hall–Kier alpha value is -0.800. The van der Waals surface area contributed by atoms with Gasteiger partial charge in [-0.25, -0.2) is 0 Å². The fourth-order valence-electron chi connectivity index (χ4n) is 1.32. The van der Waals surface area contributed by atoms with Crippen LogP contribution in [0.2, 0.25) is 0 Å². The third-order valence-corrected chi connectivity index (χ3v) is 2.13. The monoisotopic (exact) mass is 269 g/mol.